The van der Waals surface area contributed by atoms with Crippen molar-refractivity contribution in [3.8, 4) is 5.69 Å². The lowest BCUT2D eigenvalue weighted by Crippen LogP contribution is -2.24. The van der Waals surface area contributed by atoms with Crippen LogP contribution in [0.4, 0.5) is 0 Å². The van der Waals surface area contributed by atoms with E-state index in [1.165, 1.54) is 24.8 Å². The molecule has 0 saturated heterocycles. The second kappa shape index (κ2) is 8.91. The first kappa shape index (κ1) is 22.1. The molecule has 2 N–H and O–H groups in total. The normalized spacial score (nSPS) is 15.3. The van der Waals surface area contributed by atoms with Crippen molar-refractivity contribution in [1.82, 2.24) is 29.6 Å². The van der Waals surface area contributed by atoms with Gasteiger partial charge >= 0.3 is 0 Å². The predicted molar refractivity (Wildman–Crippen MR) is 134 cm³/mol. The summed E-state index contributed by atoms with van der Waals surface area (Å²) in [6.07, 6.45) is 7.27. The maximum Gasteiger partial charge on any atom is 0.279 e. The maximum atomic E-state index is 13.5. The molecule has 0 spiro atoms. The molecular weight excluding hydrogens is 480 g/mol. The average molecular weight is 509 g/mol. The molecule has 33 heavy (non-hydrogen) atoms. The van der Waals surface area contributed by atoms with Crippen molar-refractivity contribution >= 4 is 26.8 Å². The summed E-state index contributed by atoms with van der Waals surface area (Å²) in [4.78, 5) is 16.8. The lowest BCUT2D eigenvalue weighted by atomic mass is 9.72. The van der Waals surface area contributed by atoms with Crippen LogP contribution in [0.2, 0.25) is 0 Å². The van der Waals surface area contributed by atoms with Gasteiger partial charge in [-0.15, -0.1) is 10.2 Å². The zero-order chi connectivity index (χ0) is 23.1. The zero-order valence-corrected chi connectivity index (χ0v) is 20.8. The topological polar surface area (TPSA) is 80.5 Å². The zero-order valence-electron chi connectivity index (χ0n) is 19.2. The van der Waals surface area contributed by atoms with Crippen molar-refractivity contribution in [3.63, 3.8) is 0 Å². The molecule has 0 amide bonds. The minimum Gasteiger partial charge on any atom is -0.353 e. The van der Waals surface area contributed by atoms with Gasteiger partial charge in [-0.2, -0.15) is 0 Å². The Morgan fingerprint density at radius 3 is 2.76 bits per heavy atom. The van der Waals surface area contributed by atoms with Crippen LogP contribution in [0.3, 0.4) is 0 Å². The van der Waals surface area contributed by atoms with Gasteiger partial charge < -0.3 is 14.9 Å². The third-order valence-electron chi connectivity index (χ3n) is 6.66. The van der Waals surface area contributed by atoms with Gasteiger partial charge in [-0.3, -0.25) is 9.36 Å². The largest absolute Gasteiger partial charge is 0.353 e. The van der Waals surface area contributed by atoms with Crippen LogP contribution in [0, 0.1) is 5.92 Å². The standard InChI is InChI=1S/C25H29BrN6O/c1-15(2)27-12-18-11-20-21(26)13-32(25(33)23(20)29-18)19-9-5-8-17(10-19)22(16-6-4-7-16)24-30-28-14-31(24)3/h5,8-11,13-16,22,27,29H,4,6-7,12H2,1-3H3/t22-/m1/s1. The molecule has 0 unspecified atom stereocenters. The van der Waals surface area contributed by atoms with Gasteiger partial charge in [0.05, 0.1) is 0 Å². The van der Waals surface area contributed by atoms with Crippen LogP contribution in [0.25, 0.3) is 16.6 Å². The lowest BCUT2D eigenvalue weighted by molar-refractivity contribution is 0.274. The number of nitrogens with zero attached hydrogens (tertiary/aromatic N) is 4. The molecule has 3 aromatic heterocycles. The summed E-state index contributed by atoms with van der Waals surface area (Å²) in [6.45, 7) is 4.90. The molecule has 7 nitrogen and oxygen atoms in total. The fraction of sp³-hybridized carbons (Fsp3) is 0.400. The summed E-state index contributed by atoms with van der Waals surface area (Å²) >= 11 is 3.68. The van der Waals surface area contributed by atoms with E-state index < -0.39 is 0 Å². The van der Waals surface area contributed by atoms with E-state index >= 15 is 0 Å². The minimum atomic E-state index is -0.0556. The van der Waals surface area contributed by atoms with E-state index in [2.05, 4.69) is 62.4 Å². The monoisotopic (exact) mass is 508 g/mol. The number of aryl methyl sites for hydroxylation is 1. The van der Waals surface area contributed by atoms with Gasteiger partial charge in [0.2, 0.25) is 0 Å². The van der Waals surface area contributed by atoms with Crippen LogP contribution in [0.5, 0.6) is 0 Å². The maximum absolute atomic E-state index is 13.5. The number of nitrogens with one attached hydrogen (secondary N) is 2. The molecular formula is C25H29BrN6O. The first-order chi connectivity index (χ1) is 15.9. The van der Waals surface area contributed by atoms with Gasteiger partial charge in [0.25, 0.3) is 5.56 Å². The second-order valence-electron chi connectivity index (χ2n) is 9.33. The number of aromatic amines is 1. The van der Waals surface area contributed by atoms with Crippen LogP contribution in [0.1, 0.15) is 56.1 Å². The number of H-pyrrole nitrogens is 1. The summed E-state index contributed by atoms with van der Waals surface area (Å²) in [5.41, 5.74) is 3.57. The summed E-state index contributed by atoms with van der Waals surface area (Å²) < 4.78 is 4.62. The molecule has 1 fully saturated rings. The Bertz CT molecular complexity index is 1350. The Kier molecular flexibility index (Phi) is 5.97. The highest BCUT2D eigenvalue weighted by Gasteiger charge is 2.33. The highest BCUT2D eigenvalue weighted by molar-refractivity contribution is 9.10. The lowest BCUT2D eigenvalue weighted by Gasteiger charge is -2.33. The molecule has 172 valence electrons. The van der Waals surface area contributed by atoms with E-state index in [9.17, 15) is 4.79 Å². The molecule has 1 aromatic carbocycles. The molecule has 0 radical (unpaired) electrons. The number of benzene rings is 1. The SMILES string of the molecule is CC(C)NCc1cc2c(Br)cn(-c3cccc([C@H](c4nncn4C)C4CCC4)c3)c(=O)c2[nH]1. The number of rotatable bonds is 7. The van der Waals surface area contributed by atoms with E-state index in [-0.39, 0.29) is 11.5 Å². The fourth-order valence-corrected chi connectivity index (χ4v) is 5.19. The first-order valence-electron chi connectivity index (χ1n) is 11.5. The highest BCUT2D eigenvalue weighted by atomic mass is 79.9. The number of hydrogen-bond acceptors (Lipinski definition) is 4. The Labute approximate surface area is 201 Å². The number of pyridine rings is 1. The minimum absolute atomic E-state index is 0.0556. The number of hydrogen-bond donors (Lipinski definition) is 2. The van der Waals surface area contributed by atoms with Crippen LogP contribution < -0.4 is 10.9 Å². The van der Waals surface area contributed by atoms with Crippen molar-refractivity contribution < 1.29 is 0 Å². The van der Waals surface area contributed by atoms with Crippen LogP contribution in [0.15, 0.2) is 52.1 Å². The second-order valence-corrected chi connectivity index (χ2v) is 10.2. The van der Waals surface area contributed by atoms with Gasteiger partial charge in [0, 0.05) is 53.0 Å². The molecule has 0 bridgehead atoms. The Hall–Kier alpha value is -2.71. The summed E-state index contributed by atoms with van der Waals surface area (Å²) in [5.74, 6) is 1.70. The van der Waals surface area contributed by atoms with Crippen molar-refractivity contribution in [2.24, 2.45) is 13.0 Å². The third-order valence-corrected chi connectivity index (χ3v) is 7.29. The number of aromatic nitrogens is 5. The fourth-order valence-electron chi connectivity index (χ4n) is 4.68. The quantitative estimate of drug-likeness (QED) is 0.381. The molecule has 5 rings (SSSR count). The molecule has 3 heterocycles. The Morgan fingerprint density at radius 1 is 1.27 bits per heavy atom. The summed E-state index contributed by atoms with van der Waals surface area (Å²) in [5, 5.41) is 12.8. The highest BCUT2D eigenvalue weighted by Crippen LogP contribution is 2.42. The van der Waals surface area contributed by atoms with Crippen LogP contribution in [-0.2, 0) is 13.6 Å². The van der Waals surface area contributed by atoms with Crippen molar-refractivity contribution in [2.45, 2.75) is 51.6 Å². The van der Waals surface area contributed by atoms with E-state index in [4.69, 9.17) is 0 Å². The van der Waals surface area contributed by atoms with Crippen molar-refractivity contribution in [1.29, 1.82) is 0 Å². The van der Waals surface area contributed by atoms with E-state index in [1.807, 2.05) is 36.0 Å². The van der Waals surface area contributed by atoms with Crippen molar-refractivity contribution in [3.05, 3.63) is 74.8 Å². The van der Waals surface area contributed by atoms with E-state index in [1.54, 1.807) is 10.9 Å². The predicted octanol–water partition coefficient (Wildman–Crippen LogP) is 4.64. The van der Waals surface area contributed by atoms with Crippen LogP contribution in [-0.4, -0.2) is 30.4 Å². The molecule has 1 atom stereocenters. The molecule has 1 aliphatic carbocycles. The van der Waals surface area contributed by atoms with Gasteiger partial charge in [-0.25, -0.2) is 0 Å². The van der Waals surface area contributed by atoms with Gasteiger partial charge in [0.15, 0.2) is 0 Å². The molecule has 4 aromatic rings. The molecule has 1 aliphatic rings. The van der Waals surface area contributed by atoms with E-state index in [0.717, 1.165) is 27.1 Å². The third kappa shape index (κ3) is 4.17. The van der Waals surface area contributed by atoms with Gasteiger partial charge in [-0.1, -0.05) is 32.4 Å². The number of fused-ring (bicyclic) bond motifs is 1. The molecule has 0 aliphatic heterocycles. The summed E-state index contributed by atoms with van der Waals surface area (Å²) in [7, 11) is 2.00. The molecule has 1 saturated carbocycles. The molecule has 8 heteroatoms. The Balaban J connectivity index is 1.57. The first-order valence-corrected chi connectivity index (χ1v) is 12.3. The summed E-state index contributed by atoms with van der Waals surface area (Å²) in [6, 6.07) is 10.7. The van der Waals surface area contributed by atoms with E-state index in [0.29, 0.717) is 24.0 Å². The average Bonchev–Trinajstić information content (AvgIpc) is 3.38. The Morgan fingerprint density at radius 2 is 2.09 bits per heavy atom. The van der Waals surface area contributed by atoms with Gasteiger partial charge in [0.1, 0.15) is 17.7 Å². The van der Waals surface area contributed by atoms with Crippen LogP contribution >= 0.6 is 15.9 Å². The van der Waals surface area contributed by atoms with Gasteiger partial charge in [-0.05, 0) is 58.5 Å². The smallest absolute Gasteiger partial charge is 0.279 e. The van der Waals surface area contributed by atoms with Crippen molar-refractivity contribution in [2.75, 3.05) is 0 Å². The number of halogens is 1.